The summed E-state index contributed by atoms with van der Waals surface area (Å²) < 4.78 is 44.6. The van der Waals surface area contributed by atoms with E-state index >= 15 is 0 Å². The number of halogens is 1. The molecule has 0 bridgehead atoms. The van der Waals surface area contributed by atoms with E-state index in [0.29, 0.717) is 11.1 Å². The van der Waals surface area contributed by atoms with Gasteiger partial charge in [-0.2, -0.15) is 8.42 Å². The Labute approximate surface area is 209 Å². The molecular formula is C28H49FNO3S+. The Hall–Kier alpha value is -1.42. The molecule has 6 heteroatoms. The SMILES string of the molecule is C#Cc1ccc(CC(CCF)S(=O)(=O)O)cc1.CCCC[N+](CCCC)(CCCC)CCCC. The van der Waals surface area contributed by atoms with Crippen LogP contribution >= 0.6 is 0 Å². The fourth-order valence-corrected chi connectivity index (χ4v) is 4.91. The van der Waals surface area contributed by atoms with E-state index in [1.165, 1.54) is 82.0 Å². The summed E-state index contributed by atoms with van der Waals surface area (Å²) in [4.78, 5) is 0. The molecule has 196 valence electrons. The van der Waals surface area contributed by atoms with Gasteiger partial charge in [-0.05, 0) is 56.2 Å². The Kier molecular flexibility index (Phi) is 18.1. The second-order valence-electron chi connectivity index (χ2n) is 9.31. The quantitative estimate of drug-likeness (QED) is 0.145. The van der Waals surface area contributed by atoms with E-state index in [2.05, 4.69) is 33.6 Å². The largest absolute Gasteiger partial charge is 0.324 e. The first-order chi connectivity index (χ1) is 16.2. The van der Waals surface area contributed by atoms with Gasteiger partial charge in [-0.1, -0.05) is 71.4 Å². The molecule has 0 aliphatic carbocycles. The number of alkyl halides is 1. The third-order valence-electron chi connectivity index (χ3n) is 6.38. The van der Waals surface area contributed by atoms with Crippen molar-refractivity contribution < 1.29 is 21.8 Å². The Morgan fingerprint density at radius 2 is 1.29 bits per heavy atom. The Morgan fingerprint density at radius 1 is 0.882 bits per heavy atom. The van der Waals surface area contributed by atoms with Gasteiger partial charge < -0.3 is 4.48 Å². The number of quaternary nitrogens is 1. The number of rotatable bonds is 17. The third-order valence-corrected chi connectivity index (χ3v) is 7.63. The molecule has 0 saturated carbocycles. The summed E-state index contributed by atoms with van der Waals surface area (Å²) in [5.74, 6) is 2.44. The first-order valence-corrected chi connectivity index (χ1v) is 14.6. The molecule has 4 nitrogen and oxygen atoms in total. The van der Waals surface area contributed by atoms with Crippen LogP contribution in [0.1, 0.15) is 96.6 Å². The number of benzene rings is 1. The fourth-order valence-electron chi connectivity index (χ4n) is 4.12. The highest BCUT2D eigenvalue weighted by molar-refractivity contribution is 7.86. The number of unbranched alkanes of at least 4 members (excludes halogenated alkanes) is 4. The summed E-state index contributed by atoms with van der Waals surface area (Å²) in [5, 5.41) is -1.11. The minimum atomic E-state index is -4.22. The second-order valence-corrected chi connectivity index (χ2v) is 11.0. The van der Waals surface area contributed by atoms with E-state index in [1.807, 2.05) is 0 Å². The van der Waals surface area contributed by atoms with Gasteiger partial charge in [0.25, 0.3) is 10.1 Å². The standard InChI is InChI=1S/C16H36N.C12H13FO3S/c1-5-9-13-17(14-10-6-2,15-11-7-3)16-12-8-4;1-2-10-3-5-11(6-4-10)9-12(7-8-13)17(14,15)16/h5-16H2,1-4H3;1,3-6,12H,7-9H2,(H,14,15,16)/q+1;. The van der Waals surface area contributed by atoms with Crippen LogP contribution in [0.15, 0.2) is 24.3 Å². The molecular weight excluding hydrogens is 449 g/mol. The fraction of sp³-hybridized carbons (Fsp3) is 0.714. The highest BCUT2D eigenvalue weighted by Crippen LogP contribution is 2.17. The molecule has 1 unspecified atom stereocenters. The maximum absolute atomic E-state index is 12.2. The Balaban J connectivity index is 0.000000641. The lowest BCUT2D eigenvalue weighted by molar-refractivity contribution is -0.929. The summed E-state index contributed by atoms with van der Waals surface area (Å²) in [6.45, 7) is 14.2. The average molecular weight is 499 g/mol. The highest BCUT2D eigenvalue weighted by atomic mass is 32.2. The van der Waals surface area contributed by atoms with E-state index in [0.717, 1.165) is 0 Å². The van der Waals surface area contributed by atoms with E-state index < -0.39 is 22.0 Å². The molecule has 0 amide bonds. The first kappa shape index (κ1) is 32.6. The minimum Gasteiger partial charge on any atom is -0.324 e. The molecule has 0 radical (unpaired) electrons. The van der Waals surface area contributed by atoms with Gasteiger partial charge in [-0.3, -0.25) is 8.94 Å². The van der Waals surface area contributed by atoms with Gasteiger partial charge in [0, 0.05) is 5.56 Å². The number of terminal acetylenes is 1. The summed E-state index contributed by atoms with van der Waals surface area (Å²) in [7, 11) is -4.22. The van der Waals surface area contributed by atoms with Crippen molar-refractivity contribution in [1.29, 1.82) is 0 Å². The van der Waals surface area contributed by atoms with Crippen LogP contribution in [-0.4, -0.2) is 55.6 Å². The van der Waals surface area contributed by atoms with Crippen LogP contribution in [-0.2, 0) is 16.5 Å². The van der Waals surface area contributed by atoms with E-state index in [-0.39, 0.29) is 12.8 Å². The van der Waals surface area contributed by atoms with Gasteiger partial charge in [0.15, 0.2) is 0 Å². The molecule has 0 aromatic heterocycles. The maximum Gasteiger partial charge on any atom is 0.268 e. The predicted molar refractivity (Wildman–Crippen MR) is 143 cm³/mol. The molecule has 1 aromatic carbocycles. The molecule has 1 aromatic rings. The lowest BCUT2D eigenvalue weighted by atomic mass is 10.1. The van der Waals surface area contributed by atoms with Crippen LogP contribution in [0.2, 0.25) is 0 Å². The van der Waals surface area contributed by atoms with Crippen molar-refractivity contribution in [1.82, 2.24) is 0 Å². The molecule has 0 saturated heterocycles. The van der Waals surface area contributed by atoms with Crippen LogP contribution in [0.25, 0.3) is 0 Å². The summed E-state index contributed by atoms with van der Waals surface area (Å²) in [6.07, 6.45) is 16.1. The molecule has 0 aliphatic rings. The molecule has 1 atom stereocenters. The lowest BCUT2D eigenvalue weighted by Crippen LogP contribution is -2.50. The summed E-state index contributed by atoms with van der Waals surface area (Å²) in [6, 6.07) is 6.69. The van der Waals surface area contributed by atoms with Crippen LogP contribution < -0.4 is 0 Å². The van der Waals surface area contributed by atoms with Gasteiger partial charge >= 0.3 is 0 Å². The van der Waals surface area contributed by atoms with Gasteiger partial charge in [-0.25, -0.2) is 0 Å². The molecule has 34 heavy (non-hydrogen) atoms. The molecule has 0 spiro atoms. The van der Waals surface area contributed by atoms with Crippen molar-refractivity contribution >= 4 is 10.1 Å². The summed E-state index contributed by atoms with van der Waals surface area (Å²) in [5.41, 5.74) is 1.38. The first-order valence-electron chi connectivity index (χ1n) is 13.1. The van der Waals surface area contributed by atoms with Crippen molar-refractivity contribution in [2.75, 3.05) is 32.9 Å². The van der Waals surface area contributed by atoms with Gasteiger partial charge in [0.05, 0.1) is 38.1 Å². The minimum absolute atomic E-state index is 0.0770. The molecule has 0 aliphatic heterocycles. The van der Waals surface area contributed by atoms with Crippen LogP contribution in [0, 0.1) is 12.3 Å². The third kappa shape index (κ3) is 14.1. The zero-order chi connectivity index (χ0) is 25.9. The van der Waals surface area contributed by atoms with Crippen molar-refractivity contribution in [3.8, 4) is 12.3 Å². The number of hydrogen-bond donors (Lipinski definition) is 1. The monoisotopic (exact) mass is 498 g/mol. The van der Waals surface area contributed by atoms with Gasteiger partial charge in [-0.15, -0.1) is 6.42 Å². The number of nitrogens with zero attached hydrogens (tertiary/aromatic N) is 1. The predicted octanol–water partition coefficient (Wildman–Crippen LogP) is 6.83. The smallest absolute Gasteiger partial charge is 0.268 e. The van der Waals surface area contributed by atoms with E-state index in [4.69, 9.17) is 11.0 Å². The lowest BCUT2D eigenvalue weighted by Gasteiger charge is -2.39. The van der Waals surface area contributed by atoms with E-state index in [1.54, 1.807) is 24.3 Å². The molecule has 1 rings (SSSR count). The van der Waals surface area contributed by atoms with Crippen LogP contribution in [0.5, 0.6) is 0 Å². The second kappa shape index (κ2) is 18.9. The van der Waals surface area contributed by atoms with Crippen molar-refractivity contribution in [3.05, 3.63) is 35.4 Å². The number of hydrogen-bond acceptors (Lipinski definition) is 2. The molecule has 0 fully saturated rings. The van der Waals surface area contributed by atoms with Crippen molar-refractivity contribution in [2.45, 2.75) is 97.2 Å². The normalized spacial score (nSPS) is 12.5. The van der Waals surface area contributed by atoms with Crippen molar-refractivity contribution in [2.24, 2.45) is 0 Å². The molecule has 0 heterocycles. The average Bonchev–Trinajstić information content (AvgIpc) is 2.83. The van der Waals surface area contributed by atoms with Gasteiger partial charge in [0.1, 0.15) is 0 Å². The van der Waals surface area contributed by atoms with Crippen LogP contribution in [0.4, 0.5) is 4.39 Å². The topological polar surface area (TPSA) is 54.4 Å². The summed E-state index contributed by atoms with van der Waals surface area (Å²) >= 11 is 0. The maximum atomic E-state index is 12.2. The zero-order valence-electron chi connectivity index (χ0n) is 22.1. The van der Waals surface area contributed by atoms with E-state index in [9.17, 15) is 12.8 Å². The van der Waals surface area contributed by atoms with Crippen molar-refractivity contribution in [3.63, 3.8) is 0 Å². The Bertz CT molecular complexity index is 734. The Morgan fingerprint density at radius 3 is 1.59 bits per heavy atom. The highest BCUT2D eigenvalue weighted by Gasteiger charge is 2.25. The zero-order valence-corrected chi connectivity index (χ0v) is 22.9. The molecule has 1 N–H and O–H groups in total. The van der Waals surface area contributed by atoms with Gasteiger partial charge in [0.2, 0.25) is 0 Å². The van der Waals surface area contributed by atoms with Crippen LogP contribution in [0.3, 0.4) is 0 Å².